The molecule has 0 radical (unpaired) electrons. The molecule has 7 heteroatoms. The second-order valence-electron chi connectivity index (χ2n) is 7.49. The van der Waals surface area contributed by atoms with Gasteiger partial charge in [0.2, 0.25) is 23.4 Å². The number of oxazole rings is 1. The maximum absolute atomic E-state index is 12.5. The summed E-state index contributed by atoms with van der Waals surface area (Å²) in [6.45, 7) is 5.39. The van der Waals surface area contributed by atoms with E-state index in [-0.39, 0.29) is 11.9 Å². The molecule has 1 amide bonds. The van der Waals surface area contributed by atoms with Crippen molar-refractivity contribution in [2.24, 2.45) is 0 Å². The molecule has 146 valence electrons. The third-order valence-electron chi connectivity index (χ3n) is 5.50. The van der Waals surface area contributed by atoms with E-state index in [0.29, 0.717) is 43.0 Å². The highest BCUT2D eigenvalue weighted by molar-refractivity contribution is 5.81. The summed E-state index contributed by atoms with van der Waals surface area (Å²) in [7, 11) is 0. The molecule has 2 fully saturated rings. The summed E-state index contributed by atoms with van der Waals surface area (Å²) in [4.78, 5) is 21.1. The molecule has 2 aliphatic rings. The zero-order chi connectivity index (χ0) is 19.5. The maximum atomic E-state index is 12.5. The third-order valence-corrected chi connectivity index (χ3v) is 5.50. The fourth-order valence-corrected chi connectivity index (χ4v) is 3.53. The lowest BCUT2D eigenvalue weighted by Gasteiger charge is -2.37. The number of hydrogen-bond donors (Lipinski definition) is 1. The minimum Gasteiger partial charge on any atom is -0.423 e. The highest BCUT2D eigenvalue weighted by Crippen LogP contribution is 2.41. The lowest BCUT2D eigenvalue weighted by molar-refractivity contribution is -0.126. The van der Waals surface area contributed by atoms with Crippen molar-refractivity contribution >= 4 is 11.8 Å². The first-order chi connectivity index (χ1) is 13.7. The van der Waals surface area contributed by atoms with Crippen LogP contribution in [-0.2, 0) is 11.3 Å². The number of nitrogens with zero attached hydrogens (tertiary/aromatic N) is 4. The summed E-state index contributed by atoms with van der Waals surface area (Å²) >= 11 is 0. The Morgan fingerprint density at radius 1 is 1.29 bits per heavy atom. The van der Waals surface area contributed by atoms with Crippen molar-refractivity contribution in [3.05, 3.63) is 47.5 Å². The fraction of sp³-hybridized carbons (Fsp3) is 0.476. The summed E-state index contributed by atoms with van der Waals surface area (Å²) in [6.07, 6.45) is 2.18. The molecule has 1 aromatic heterocycles. The van der Waals surface area contributed by atoms with Crippen LogP contribution in [0.15, 0.2) is 34.7 Å². The molecule has 2 heterocycles. The van der Waals surface area contributed by atoms with E-state index >= 15 is 0 Å². The van der Waals surface area contributed by atoms with Crippen LogP contribution >= 0.6 is 0 Å². The Morgan fingerprint density at radius 2 is 2.00 bits per heavy atom. The number of amides is 1. The number of hydrogen-bond acceptors (Lipinski definition) is 6. The quantitative estimate of drug-likeness (QED) is 0.829. The second kappa shape index (κ2) is 8.03. The minimum atomic E-state index is -0.196. The first-order valence-electron chi connectivity index (χ1n) is 9.87. The van der Waals surface area contributed by atoms with Gasteiger partial charge in [-0.3, -0.25) is 9.69 Å². The molecule has 7 nitrogen and oxygen atoms in total. The van der Waals surface area contributed by atoms with Gasteiger partial charge in [-0.25, -0.2) is 4.98 Å². The van der Waals surface area contributed by atoms with Crippen molar-refractivity contribution in [2.75, 3.05) is 31.1 Å². The molecule has 1 atom stereocenters. The number of carbonyl (C=O) groups is 1. The van der Waals surface area contributed by atoms with Crippen LogP contribution in [0.3, 0.4) is 0 Å². The first-order valence-corrected chi connectivity index (χ1v) is 9.87. The van der Waals surface area contributed by atoms with Gasteiger partial charge in [0.05, 0.1) is 6.04 Å². The van der Waals surface area contributed by atoms with Crippen molar-refractivity contribution in [2.45, 2.75) is 38.3 Å². The number of nitriles is 1. The number of benzene rings is 1. The molecule has 0 bridgehead atoms. The number of piperazine rings is 1. The second-order valence-corrected chi connectivity index (χ2v) is 7.49. The zero-order valence-corrected chi connectivity index (χ0v) is 16.1. The average Bonchev–Trinajstić information content (AvgIpc) is 3.51. The fourth-order valence-electron chi connectivity index (χ4n) is 3.53. The summed E-state index contributed by atoms with van der Waals surface area (Å²) < 4.78 is 5.89. The van der Waals surface area contributed by atoms with Crippen molar-refractivity contribution in [3.63, 3.8) is 0 Å². The molecule has 2 aromatic rings. The molecule has 0 spiro atoms. The molecular weight excluding hydrogens is 354 g/mol. The molecule has 1 aliphatic heterocycles. The molecule has 1 N–H and O–H groups in total. The summed E-state index contributed by atoms with van der Waals surface area (Å²) in [6, 6.07) is 11.9. The van der Waals surface area contributed by atoms with Gasteiger partial charge in [0.25, 0.3) is 0 Å². The van der Waals surface area contributed by atoms with Gasteiger partial charge in [0.1, 0.15) is 6.07 Å². The minimum absolute atomic E-state index is 0.0331. The molecule has 28 heavy (non-hydrogen) atoms. The van der Waals surface area contributed by atoms with E-state index in [0.717, 1.165) is 31.5 Å². The zero-order valence-electron chi connectivity index (χ0n) is 16.1. The molecule has 0 unspecified atom stereocenters. The predicted molar refractivity (Wildman–Crippen MR) is 105 cm³/mol. The summed E-state index contributed by atoms with van der Waals surface area (Å²) in [5.41, 5.74) is 1.47. The van der Waals surface area contributed by atoms with E-state index in [4.69, 9.17) is 4.42 Å². The summed E-state index contributed by atoms with van der Waals surface area (Å²) in [5, 5.41) is 12.4. The van der Waals surface area contributed by atoms with Gasteiger partial charge in [-0.05, 0) is 25.3 Å². The monoisotopic (exact) mass is 379 g/mol. The Bertz CT molecular complexity index is 861. The number of aromatic nitrogens is 1. The van der Waals surface area contributed by atoms with Crippen LogP contribution < -0.4 is 10.2 Å². The van der Waals surface area contributed by atoms with Crippen LogP contribution in [0, 0.1) is 11.3 Å². The molecule has 1 aromatic carbocycles. The van der Waals surface area contributed by atoms with Crippen LogP contribution in [0.1, 0.15) is 42.8 Å². The van der Waals surface area contributed by atoms with E-state index in [2.05, 4.69) is 26.2 Å². The molecular formula is C21H25N5O2. The Labute approximate surface area is 164 Å². The maximum Gasteiger partial charge on any atom is 0.237 e. The summed E-state index contributed by atoms with van der Waals surface area (Å²) in [5.74, 6) is 1.70. The van der Waals surface area contributed by atoms with Crippen LogP contribution in [-0.4, -0.2) is 48.0 Å². The smallest absolute Gasteiger partial charge is 0.237 e. The van der Waals surface area contributed by atoms with Crippen LogP contribution in [0.25, 0.3) is 0 Å². The number of anilines is 1. The number of nitrogens with one attached hydrogen (secondary N) is 1. The third kappa shape index (κ3) is 4.02. The SMILES string of the molecule is C[C@H](C(=O)NCc1ccccc1)N1CCN(c2oc(C3CC3)nc2C#N)CC1. The predicted octanol–water partition coefficient (Wildman–Crippen LogP) is 2.25. The van der Waals surface area contributed by atoms with Gasteiger partial charge < -0.3 is 14.6 Å². The Hall–Kier alpha value is -2.85. The van der Waals surface area contributed by atoms with Crippen molar-refractivity contribution in [1.29, 1.82) is 5.26 Å². The van der Waals surface area contributed by atoms with E-state index in [1.54, 1.807) is 0 Å². The van der Waals surface area contributed by atoms with Gasteiger partial charge >= 0.3 is 0 Å². The van der Waals surface area contributed by atoms with Crippen molar-refractivity contribution in [1.82, 2.24) is 15.2 Å². The standard InChI is InChI=1S/C21H25N5O2/c1-15(19(27)23-14-16-5-3-2-4-6-16)25-9-11-26(12-10-25)21-18(13-22)24-20(28-21)17-7-8-17/h2-6,15,17H,7-12,14H2,1H3,(H,23,27)/t15-/m1/s1. The van der Waals surface area contributed by atoms with Gasteiger partial charge in [-0.2, -0.15) is 5.26 Å². The van der Waals surface area contributed by atoms with E-state index in [1.165, 1.54) is 0 Å². The topological polar surface area (TPSA) is 85.4 Å². The van der Waals surface area contributed by atoms with Crippen LogP contribution in [0.5, 0.6) is 0 Å². The number of rotatable bonds is 6. The first kappa shape index (κ1) is 18.5. The van der Waals surface area contributed by atoms with E-state index in [9.17, 15) is 10.1 Å². The molecule has 4 rings (SSSR count). The molecule has 1 saturated carbocycles. The lowest BCUT2D eigenvalue weighted by Crippen LogP contribution is -2.54. The number of carbonyl (C=O) groups excluding carboxylic acids is 1. The lowest BCUT2D eigenvalue weighted by atomic mass is 10.2. The Balaban J connectivity index is 1.31. The largest absolute Gasteiger partial charge is 0.423 e. The average molecular weight is 379 g/mol. The Kier molecular flexibility index (Phi) is 5.31. The normalized spacial score (nSPS) is 18.5. The highest BCUT2D eigenvalue weighted by Gasteiger charge is 2.33. The van der Waals surface area contributed by atoms with E-state index < -0.39 is 0 Å². The van der Waals surface area contributed by atoms with Gasteiger partial charge in [-0.15, -0.1) is 0 Å². The van der Waals surface area contributed by atoms with Crippen LogP contribution in [0.4, 0.5) is 5.88 Å². The van der Waals surface area contributed by atoms with Gasteiger partial charge in [-0.1, -0.05) is 30.3 Å². The van der Waals surface area contributed by atoms with Crippen LogP contribution in [0.2, 0.25) is 0 Å². The van der Waals surface area contributed by atoms with Gasteiger partial charge in [0, 0.05) is 38.6 Å². The highest BCUT2D eigenvalue weighted by atomic mass is 16.4. The Morgan fingerprint density at radius 3 is 2.64 bits per heavy atom. The van der Waals surface area contributed by atoms with Crippen molar-refractivity contribution < 1.29 is 9.21 Å². The van der Waals surface area contributed by atoms with Crippen molar-refractivity contribution in [3.8, 4) is 6.07 Å². The molecule has 1 saturated heterocycles. The van der Waals surface area contributed by atoms with E-state index in [1.807, 2.05) is 37.3 Å². The molecule has 1 aliphatic carbocycles. The van der Waals surface area contributed by atoms with Gasteiger partial charge in [0.15, 0.2) is 0 Å².